The number of aromatic nitrogens is 1. The molecule has 0 saturated carbocycles. The smallest absolute Gasteiger partial charge is 0.276 e. The lowest BCUT2D eigenvalue weighted by Gasteiger charge is -2.19. The molecule has 1 aromatic heterocycles. The molecule has 2 aromatic carbocycles. The summed E-state index contributed by atoms with van der Waals surface area (Å²) in [4.78, 5) is 13.7. The molecule has 0 aliphatic rings. The summed E-state index contributed by atoms with van der Waals surface area (Å²) in [5.74, 6) is -0.464. The molecule has 1 heterocycles. The number of primary amides is 1. The zero-order valence-corrected chi connectivity index (χ0v) is 17.4. The molecule has 7 nitrogen and oxygen atoms in total. The van der Waals surface area contributed by atoms with Crippen molar-refractivity contribution in [3.8, 4) is 0 Å². The highest BCUT2D eigenvalue weighted by molar-refractivity contribution is 7.89. The molecule has 0 saturated heterocycles. The number of hydrazone groups is 1. The van der Waals surface area contributed by atoms with Crippen molar-refractivity contribution in [3.05, 3.63) is 65.9 Å². The maximum absolute atomic E-state index is 12.5. The SMILES string of the molecule is CC(C)(C)c1ccc(S(=O)(=O)NN=Cc2cn(CC(N)=O)c3ccccc23)cc1. The highest BCUT2D eigenvalue weighted by Gasteiger charge is 2.17. The van der Waals surface area contributed by atoms with Gasteiger partial charge >= 0.3 is 0 Å². The highest BCUT2D eigenvalue weighted by Crippen LogP contribution is 2.23. The van der Waals surface area contributed by atoms with Gasteiger partial charge in [-0.25, -0.2) is 4.83 Å². The lowest BCUT2D eigenvalue weighted by atomic mass is 9.87. The van der Waals surface area contributed by atoms with E-state index in [-0.39, 0.29) is 16.9 Å². The summed E-state index contributed by atoms with van der Waals surface area (Å²) >= 11 is 0. The van der Waals surface area contributed by atoms with Crippen molar-refractivity contribution in [3.63, 3.8) is 0 Å². The van der Waals surface area contributed by atoms with Gasteiger partial charge in [0.25, 0.3) is 10.0 Å². The average Bonchev–Trinajstić information content (AvgIpc) is 2.98. The van der Waals surface area contributed by atoms with Crippen LogP contribution in [0.4, 0.5) is 0 Å². The molecule has 0 bridgehead atoms. The first-order valence-electron chi connectivity index (χ1n) is 9.09. The highest BCUT2D eigenvalue weighted by atomic mass is 32.2. The van der Waals surface area contributed by atoms with Crippen LogP contribution in [0, 0.1) is 0 Å². The van der Waals surface area contributed by atoms with Crippen LogP contribution in [0.25, 0.3) is 10.9 Å². The zero-order chi connectivity index (χ0) is 21.2. The summed E-state index contributed by atoms with van der Waals surface area (Å²) in [6, 6.07) is 14.2. The second-order valence-electron chi connectivity index (χ2n) is 7.82. The maximum Gasteiger partial charge on any atom is 0.276 e. The first kappa shape index (κ1) is 20.6. The standard InChI is InChI=1S/C21H24N4O3S/c1-21(2,3)16-8-10-17(11-9-16)29(27,28)24-23-12-15-13-25(14-20(22)26)19-7-5-4-6-18(15)19/h4-13,24H,14H2,1-3H3,(H2,22,26). The van der Waals surface area contributed by atoms with Gasteiger partial charge in [0, 0.05) is 22.7 Å². The van der Waals surface area contributed by atoms with Crippen molar-refractivity contribution in [2.75, 3.05) is 0 Å². The fraction of sp³-hybridized carbons (Fsp3) is 0.238. The summed E-state index contributed by atoms with van der Waals surface area (Å²) in [6.45, 7) is 6.22. The van der Waals surface area contributed by atoms with Gasteiger partial charge in [0.2, 0.25) is 5.91 Å². The number of sulfonamides is 1. The zero-order valence-electron chi connectivity index (χ0n) is 16.6. The molecular weight excluding hydrogens is 388 g/mol. The van der Waals surface area contributed by atoms with Crippen molar-refractivity contribution < 1.29 is 13.2 Å². The van der Waals surface area contributed by atoms with E-state index < -0.39 is 15.9 Å². The summed E-state index contributed by atoms with van der Waals surface area (Å²) in [5, 5.41) is 4.75. The van der Waals surface area contributed by atoms with E-state index in [1.54, 1.807) is 35.0 Å². The molecule has 8 heteroatoms. The Morgan fingerprint density at radius 1 is 1.14 bits per heavy atom. The van der Waals surface area contributed by atoms with Gasteiger partial charge in [0.15, 0.2) is 0 Å². The van der Waals surface area contributed by atoms with Crippen LogP contribution >= 0.6 is 0 Å². The van der Waals surface area contributed by atoms with Crippen LogP contribution in [0.2, 0.25) is 0 Å². The molecule has 0 atom stereocenters. The average molecular weight is 413 g/mol. The molecule has 0 aliphatic heterocycles. The first-order valence-corrected chi connectivity index (χ1v) is 10.6. The normalized spacial score (nSPS) is 12.5. The number of benzene rings is 2. The van der Waals surface area contributed by atoms with E-state index in [4.69, 9.17) is 5.73 Å². The number of nitrogens with two attached hydrogens (primary N) is 1. The number of nitrogens with one attached hydrogen (secondary N) is 1. The fourth-order valence-electron chi connectivity index (χ4n) is 3.03. The molecule has 0 fully saturated rings. The summed E-state index contributed by atoms with van der Waals surface area (Å²) in [5.41, 5.74) is 7.77. The van der Waals surface area contributed by atoms with E-state index in [1.807, 2.05) is 24.3 Å². The van der Waals surface area contributed by atoms with E-state index in [9.17, 15) is 13.2 Å². The van der Waals surface area contributed by atoms with Crippen LogP contribution in [0.3, 0.4) is 0 Å². The number of nitrogens with zero attached hydrogens (tertiary/aromatic N) is 2. The van der Waals surface area contributed by atoms with E-state index in [0.29, 0.717) is 5.56 Å². The number of carbonyl (C=O) groups excluding carboxylic acids is 1. The second kappa shape index (κ2) is 7.71. The number of rotatable bonds is 6. The predicted molar refractivity (Wildman–Crippen MR) is 114 cm³/mol. The van der Waals surface area contributed by atoms with Crippen LogP contribution in [0.1, 0.15) is 31.9 Å². The minimum atomic E-state index is -3.79. The van der Waals surface area contributed by atoms with Gasteiger partial charge in [-0.15, -0.1) is 0 Å². The van der Waals surface area contributed by atoms with Gasteiger partial charge in [0.1, 0.15) is 6.54 Å². The van der Waals surface area contributed by atoms with Gasteiger partial charge in [-0.1, -0.05) is 51.1 Å². The van der Waals surface area contributed by atoms with E-state index >= 15 is 0 Å². The third-order valence-corrected chi connectivity index (χ3v) is 5.79. The molecule has 0 unspecified atom stereocenters. The Kier molecular flexibility index (Phi) is 5.48. The minimum Gasteiger partial charge on any atom is -0.368 e. The molecule has 152 valence electrons. The Hall–Kier alpha value is -3.13. The second-order valence-corrected chi connectivity index (χ2v) is 9.48. The number of para-hydroxylation sites is 1. The number of fused-ring (bicyclic) bond motifs is 1. The van der Waals surface area contributed by atoms with Gasteiger partial charge in [0.05, 0.1) is 11.1 Å². The number of hydrogen-bond donors (Lipinski definition) is 2. The number of amides is 1. The third kappa shape index (κ3) is 4.65. The number of carbonyl (C=O) groups is 1. The monoisotopic (exact) mass is 412 g/mol. The Balaban J connectivity index is 1.83. The van der Waals surface area contributed by atoms with Crippen LogP contribution in [0.15, 0.2) is 64.7 Å². The molecule has 0 spiro atoms. The Morgan fingerprint density at radius 3 is 2.41 bits per heavy atom. The molecule has 0 aliphatic carbocycles. The molecular formula is C21H24N4O3S. The van der Waals surface area contributed by atoms with Crippen molar-refractivity contribution >= 4 is 33.0 Å². The van der Waals surface area contributed by atoms with Crippen LogP contribution in [0.5, 0.6) is 0 Å². The maximum atomic E-state index is 12.5. The molecule has 3 N–H and O–H groups in total. The third-order valence-electron chi connectivity index (χ3n) is 4.55. The van der Waals surface area contributed by atoms with E-state index in [2.05, 4.69) is 30.7 Å². The Labute approximate surface area is 170 Å². The first-order chi connectivity index (χ1) is 13.6. The summed E-state index contributed by atoms with van der Waals surface area (Å²) < 4.78 is 26.7. The summed E-state index contributed by atoms with van der Waals surface area (Å²) in [7, 11) is -3.79. The molecule has 1 amide bonds. The van der Waals surface area contributed by atoms with E-state index in [0.717, 1.165) is 16.5 Å². The quantitative estimate of drug-likeness (QED) is 0.480. The molecule has 3 aromatic rings. The van der Waals surface area contributed by atoms with Crippen LogP contribution in [-0.2, 0) is 26.8 Å². The van der Waals surface area contributed by atoms with Crippen LogP contribution < -0.4 is 10.6 Å². The van der Waals surface area contributed by atoms with Crippen LogP contribution in [-0.4, -0.2) is 25.1 Å². The van der Waals surface area contributed by atoms with Crippen molar-refractivity contribution in [1.82, 2.24) is 9.40 Å². The van der Waals surface area contributed by atoms with Gasteiger partial charge in [-0.3, -0.25) is 4.79 Å². The Morgan fingerprint density at radius 2 is 1.79 bits per heavy atom. The molecule has 29 heavy (non-hydrogen) atoms. The topological polar surface area (TPSA) is 107 Å². The van der Waals surface area contributed by atoms with E-state index in [1.165, 1.54) is 6.21 Å². The minimum absolute atomic E-state index is 0.0280. The predicted octanol–water partition coefficient (Wildman–Crippen LogP) is 2.74. The largest absolute Gasteiger partial charge is 0.368 e. The lowest BCUT2D eigenvalue weighted by Crippen LogP contribution is -2.19. The van der Waals surface area contributed by atoms with Gasteiger partial charge < -0.3 is 10.3 Å². The fourth-order valence-corrected chi connectivity index (χ4v) is 3.82. The molecule has 0 radical (unpaired) electrons. The van der Waals surface area contributed by atoms with Gasteiger partial charge in [-0.2, -0.15) is 13.5 Å². The van der Waals surface area contributed by atoms with Crippen molar-refractivity contribution in [1.29, 1.82) is 0 Å². The summed E-state index contributed by atoms with van der Waals surface area (Å²) in [6.07, 6.45) is 3.13. The van der Waals surface area contributed by atoms with Crippen molar-refractivity contribution in [2.24, 2.45) is 10.8 Å². The number of hydrogen-bond acceptors (Lipinski definition) is 4. The lowest BCUT2D eigenvalue weighted by molar-refractivity contribution is -0.118. The van der Waals surface area contributed by atoms with Crippen molar-refractivity contribution in [2.45, 2.75) is 37.6 Å². The van der Waals surface area contributed by atoms with Gasteiger partial charge in [-0.05, 0) is 29.2 Å². The Bertz CT molecular complexity index is 1170. The molecule has 3 rings (SSSR count).